The van der Waals surface area contributed by atoms with E-state index in [1.54, 1.807) is 6.07 Å². The number of hydrogen-bond donors (Lipinski definition) is 3. The monoisotopic (exact) mass is 377 g/mol. The summed E-state index contributed by atoms with van der Waals surface area (Å²) in [7, 11) is 0. The summed E-state index contributed by atoms with van der Waals surface area (Å²) >= 11 is 0. The van der Waals surface area contributed by atoms with Gasteiger partial charge in [0.25, 0.3) is 17.7 Å². The second-order valence-electron chi connectivity index (χ2n) is 5.39. The normalized spacial score (nSPS) is 11.2. The smallest absolute Gasteiger partial charge is 0.279 e. The first-order valence-electron chi connectivity index (χ1n) is 7.91. The van der Waals surface area contributed by atoms with E-state index in [-0.39, 0.29) is 11.3 Å². The van der Waals surface area contributed by atoms with E-state index in [0.717, 1.165) is 6.07 Å². The molecule has 0 aliphatic rings. The number of para-hydroxylation sites is 1. The van der Waals surface area contributed by atoms with Gasteiger partial charge in [0.2, 0.25) is 0 Å². The largest absolute Gasteiger partial charge is 0.478 e. The summed E-state index contributed by atoms with van der Waals surface area (Å²) in [6, 6.07) is 10.9. The van der Waals surface area contributed by atoms with Crippen molar-refractivity contribution in [2.24, 2.45) is 0 Å². The molecule has 2 aromatic rings. The lowest BCUT2D eigenvalue weighted by molar-refractivity contribution is -0.132. The van der Waals surface area contributed by atoms with E-state index >= 15 is 0 Å². The van der Waals surface area contributed by atoms with Crippen molar-refractivity contribution in [2.45, 2.75) is 13.0 Å². The van der Waals surface area contributed by atoms with Crippen LogP contribution >= 0.6 is 0 Å². The second-order valence-corrected chi connectivity index (χ2v) is 5.39. The molecule has 0 unspecified atom stereocenters. The predicted molar refractivity (Wildman–Crippen MR) is 91.5 cm³/mol. The van der Waals surface area contributed by atoms with Gasteiger partial charge in [0.05, 0.1) is 12.1 Å². The van der Waals surface area contributed by atoms with Crippen LogP contribution in [0.5, 0.6) is 5.75 Å². The highest BCUT2D eigenvalue weighted by atomic mass is 19.1. The van der Waals surface area contributed by atoms with Crippen LogP contribution in [0.4, 0.5) is 8.78 Å². The summed E-state index contributed by atoms with van der Waals surface area (Å²) in [5.41, 5.74) is 3.94. The van der Waals surface area contributed by atoms with Crippen molar-refractivity contribution in [3.05, 3.63) is 65.7 Å². The lowest BCUT2D eigenvalue weighted by atomic mass is 10.2. The highest BCUT2D eigenvalue weighted by Gasteiger charge is 2.17. The first-order valence-corrected chi connectivity index (χ1v) is 7.91. The van der Waals surface area contributed by atoms with Crippen LogP contribution in [0, 0.1) is 11.6 Å². The van der Waals surface area contributed by atoms with Gasteiger partial charge < -0.3 is 10.1 Å². The van der Waals surface area contributed by atoms with E-state index in [0.29, 0.717) is 0 Å². The lowest BCUT2D eigenvalue weighted by Crippen LogP contribution is -2.50. The fourth-order valence-electron chi connectivity index (χ4n) is 1.96. The Morgan fingerprint density at radius 2 is 1.59 bits per heavy atom. The first-order chi connectivity index (χ1) is 12.9. The Morgan fingerprint density at radius 1 is 0.963 bits per heavy atom. The molecular weight excluding hydrogens is 360 g/mol. The quantitative estimate of drug-likeness (QED) is 0.662. The zero-order valence-corrected chi connectivity index (χ0v) is 14.3. The molecule has 0 radical (unpaired) electrons. The number of benzene rings is 2. The molecule has 1 atom stereocenters. The molecule has 0 bridgehead atoms. The standard InChI is InChI=1S/C18H17F2N3O4/c1-11(27-15-9-5-4-8-14(15)20)17(25)23-22-16(24)10-21-18(26)12-6-2-3-7-13(12)19/h2-9,11H,10H2,1H3,(H,21,26)(H,22,24)(H,23,25)/t11-/m0/s1. The van der Waals surface area contributed by atoms with Gasteiger partial charge in [-0.3, -0.25) is 25.2 Å². The molecule has 2 aromatic carbocycles. The van der Waals surface area contributed by atoms with Crippen LogP contribution in [-0.4, -0.2) is 30.4 Å². The molecule has 0 saturated heterocycles. The first kappa shape index (κ1) is 19.8. The average molecular weight is 377 g/mol. The third-order valence-electron chi connectivity index (χ3n) is 3.36. The summed E-state index contributed by atoms with van der Waals surface area (Å²) < 4.78 is 32.1. The second kappa shape index (κ2) is 9.27. The van der Waals surface area contributed by atoms with Crippen LogP contribution in [0.25, 0.3) is 0 Å². The zero-order chi connectivity index (χ0) is 19.8. The van der Waals surface area contributed by atoms with E-state index in [2.05, 4.69) is 16.2 Å². The molecule has 7 nitrogen and oxygen atoms in total. The molecule has 0 heterocycles. The fraction of sp³-hybridized carbons (Fsp3) is 0.167. The molecule has 0 aromatic heterocycles. The Hall–Kier alpha value is -3.49. The minimum absolute atomic E-state index is 0.108. The third-order valence-corrected chi connectivity index (χ3v) is 3.36. The summed E-state index contributed by atoms with van der Waals surface area (Å²) in [6.07, 6.45) is -1.09. The van der Waals surface area contributed by atoms with Gasteiger partial charge in [-0.25, -0.2) is 8.78 Å². The number of hydrogen-bond acceptors (Lipinski definition) is 4. The van der Waals surface area contributed by atoms with E-state index in [1.807, 2.05) is 0 Å². The van der Waals surface area contributed by atoms with Gasteiger partial charge >= 0.3 is 0 Å². The molecule has 3 N–H and O–H groups in total. The molecule has 142 valence electrons. The molecule has 0 aliphatic heterocycles. The Kier molecular flexibility index (Phi) is 6.81. The maximum absolute atomic E-state index is 13.5. The van der Waals surface area contributed by atoms with Crippen molar-refractivity contribution >= 4 is 17.7 Å². The molecule has 9 heteroatoms. The van der Waals surface area contributed by atoms with Crippen molar-refractivity contribution in [3.63, 3.8) is 0 Å². The number of nitrogens with one attached hydrogen (secondary N) is 3. The molecule has 0 spiro atoms. The summed E-state index contributed by atoms with van der Waals surface area (Å²) in [5.74, 6) is -3.70. The number of halogens is 2. The van der Waals surface area contributed by atoms with Gasteiger partial charge in [0.15, 0.2) is 17.7 Å². The van der Waals surface area contributed by atoms with Crippen molar-refractivity contribution in [1.29, 1.82) is 0 Å². The highest BCUT2D eigenvalue weighted by molar-refractivity contribution is 5.96. The molecule has 0 aliphatic carbocycles. The van der Waals surface area contributed by atoms with Crippen molar-refractivity contribution in [2.75, 3.05) is 6.54 Å². The number of rotatable bonds is 6. The summed E-state index contributed by atoms with van der Waals surface area (Å²) in [5, 5.41) is 2.22. The molecule has 3 amide bonds. The Balaban J connectivity index is 1.76. The van der Waals surface area contributed by atoms with E-state index in [4.69, 9.17) is 4.74 Å². The number of carbonyl (C=O) groups excluding carboxylic acids is 3. The van der Waals surface area contributed by atoms with E-state index in [1.165, 1.54) is 43.3 Å². The zero-order valence-electron chi connectivity index (χ0n) is 14.3. The molecule has 0 saturated carbocycles. The minimum atomic E-state index is -1.09. The van der Waals surface area contributed by atoms with Crippen molar-refractivity contribution in [3.8, 4) is 5.75 Å². The molecular formula is C18H17F2N3O4. The molecule has 0 fully saturated rings. The average Bonchev–Trinajstić information content (AvgIpc) is 2.66. The van der Waals surface area contributed by atoms with Gasteiger partial charge in [-0.05, 0) is 31.2 Å². The maximum Gasteiger partial charge on any atom is 0.279 e. The van der Waals surface area contributed by atoms with Crippen LogP contribution in [-0.2, 0) is 9.59 Å². The fourth-order valence-corrected chi connectivity index (χ4v) is 1.96. The minimum Gasteiger partial charge on any atom is -0.478 e. The Labute approximate surface area is 153 Å². The number of amides is 3. The van der Waals surface area contributed by atoms with E-state index in [9.17, 15) is 23.2 Å². The maximum atomic E-state index is 13.5. The van der Waals surface area contributed by atoms with Crippen LogP contribution in [0.1, 0.15) is 17.3 Å². The van der Waals surface area contributed by atoms with Gasteiger partial charge in [-0.15, -0.1) is 0 Å². The summed E-state index contributed by atoms with van der Waals surface area (Å²) in [4.78, 5) is 35.3. The molecule has 27 heavy (non-hydrogen) atoms. The van der Waals surface area contributed by atoms with Crippen LogP contribution in [0.3, 0.4) is 0 Å². The number of carbonyl (C=O) groups is 3. The van der Waals surface area contributed by atoms with Crippen molar-refractivity contribution in [1.82, 2.24) is 16.2 Å². The Morgan fingerprint density at radius 3 is 2.26 bits per heavy atom. The Bertz CT molecular complexity index is 845. The van der Waals surface area contributed by atoms with Gasteiger partial charge in [-0.2, -0.15) is 0 Å². The summed E-state index contributed by atoms with van der Waals surface area (Å²) in [6.45, 7) is 0.879. The van der Waals surface area contributed by atoms with Crippen LogP contribution in [0.2, 0.25) is 0 Å². The number of hydrazine groups is 1. The van der Waals surface area contributed by atoms with Gasteiger partial charge in [-0.1, -0.05) is 24.3 Å². The van der Waals surface area contributed by atoms with Crippen LogP contribution < -0.4 is 20.9 Å². The number of ether oxygens (including phenoxy) is 1. The van der Waals surface area contributed by atoms with E-state index < -0.39 is 42.0 Å². The molecule has 2 rings (SSSR count). The topological polar surface area (TPSA) is 96.5 Å². The third kappa shape index (κ3) is 5.77. The predicted octanol–water partition coefficient (Wildman–Crippen LogP) is 1.31. The van der Waals surface area contributed by atoms with Crippen molar-refractivity contribution < 1.29 is 27.9 Å². The van der Waals surface area contributed by atoms with Gasteiger partial charge in [0, 0.05) is 0 Å². The van der Waals surface area contributed by atoms with Crippen LogP contribution in [0.15, 0.2) is 48.5 Å². The highest BCUT2D eigenvalue weighted by Crippen LogP contribution is 2.16. The lowest BCUT2D eigenvalue weighted by Gasteiger charge is -2.15. The van der Waals surface area contributed by atoms with Gasteiger partial charge in [0.1, 0.15) is 5.82 Å². The SMILES string of the molecule is C[C@H](Oc1ccccc1F)C(=O)NNC(=O)CNC(=O)c1ccccc1F.